The Morgan fingerprint density at radius 3 is 2.41 bits per heavy atom. The van der Waals surface area contributed by atoms with Crippen molar-refractivity contribution in [2.75, 3.05) is 13.2 Å². The Labute approximate surface area is 191 Å². The number of carbonyl (C=O) groups excluding carboxylic acids is 1. The molecular formula is C23H21ClN2O5S. The fraction of sp³-hybridized carbons (Fsp3) is 0.174. The van der Waals surface area contributed by atoms with Crippen LogP contribution in [0.4, 0.5) is 0 Å². The summed E-state index contributed by atoms with van der Waals surface area (Å²) in [6.45, 7) is 1.33. The Bertz CT molecular complexity index is 1230. The van der Waals surface area contributed by atoms with Crippen molar-refractivity contribution in [3.05, 3.63) is 88.4 Å². The lowest BCUT2D eigenvalue weighted by molar-refractivity contribution is 0.0950. The number of hydrogen-bond acceptors (Lipinski definition) is 5. The minimum absolute atomic E-state index is 0.0361. The molecule has 1 amide bonds. The number of halogens is 1. The van der Waals surface area contributed by atoms with Crippen LogP contribution in [0.5, 0.6) is 11.5 Å². The molecule has 0 aliphatic carbocycles. The van der Waals surface area contributed by atoms with Gasteiger partial charge in [0.15, 0.2) is 11.5 Å². The van der Waals surface area contributed by atoms with E-state index in [9.17, 15) is 13.2 Å². The van der Waals surface area contributed by atoms with E-state index in [2.05, 4.69) is 10.0 Å². The fourth-order valence-electron chi connectivity index (χ4n) is 3.18. The van der Waals surface area contributed by atoms with Crippen LogP contribution in [0.15, 0.2) is 71.6 Å². The summed E-state index contributed by atoms with van der Waals surface area (Å²) >= 11 is 6.13. The van der Waals surface area contributed by atoms with Gasteiger partial charge in [-0.05, 0) is 41.5 Å². The maximum atomic E-state index is 12.8. The van der Waals surface area contributed by atoms with Crippen LogP contribution in [-0.2, 0) is 23.1 Å². The van der Waals surface area contributed by atoms with Crippen molar-refractivity contribution in [3.63, 3.8) is 0 Å². The summed E-state index contributed by atoms with van der Waals surface area (Å²) in [7, 11) is -3.91. The number of nitrogens with one attached hydrogen (secondary N) is 2. The van der Waals surface area contributed by atoms with Crippen LogP contribution >= 0.6 is 11.6 Å². The highest BCUT2D eigenvalue weighted by Gasteiger charge is 2.20. The van der Waals surface area contributed by atoms with Gasteiger partial charge in [-0.15, -0.1) is 0 Å². The predicted molar refractivity (Wildman–Crippen MR) is 121 cm³/mol. The molecule has 32 heavy (non-hydrogen) atoms. The Hall–Kier alpha value is -3.07. The molecule has 0 radical (unpaired) electrons. The third kappa shape index (κ3) is 5.21. The summed E-state index contributed by atoms with van der Waals surface area (Å²) in [5.41, 5.74) is 1.82. The van der Waals surface area contributed by atoms with E-state index >= 15 is 0 Å². The molecule has 3 aromatic carbocycles. The lowest BCUT2D eigenvalue weighted by Crippen LogP contribution is -2.26. The first-order valence-corrected chi connectivity index (χ1v) is 11.8. The van der Waals surface area contributed by atoms with Crippen molar-refractivity contribution in [2.45, 2.75) is 18.0 Å². The molecule has 0 saturated carbocycles. The molecule has 0 unspecified atom stereocenters. The molecule has 1 aliphatic heterocycles. The Morgan fingerprint density at radius 1 is 0.875 bits per heavy atom. The number of sulfonamides is 1. The largest absolute Gasteiger partial charge is 0.486 e. The topological polar surface area (TPSA) is 93.7 Å². The summed E-state index contributed by atoms with van der Waals surface area (Å²) in [6, 6.07) is 18.7. The lowest BCUT2D eigenvalue weighted by atomic mass is 10.1. The van der Waals surface area contributed by atoms with Crippen LogP contribution in [0.1, 0.15) is 21.5 Å². The van der Waals surface area contributed by atoms with Crippen LogP contribution in [0.25, 0.3) is 0 Å². The summed E-state index contributed by atoms with van der Waals surface area (Å²) < 4.78 is 39.1. The van der Waals surface area contributed by atoms with Gasteiger partial charge in [0.25, 0.3) is 5.91 Å². The number of ether oxygens (including phenoxy) is 2. The molecule has 0 fully saturated rings. The molecule has 166 valence electrons. The molecule has 2 N–H and O–H groups in total. The molecule has 0 bridgehead atoms. The lowest BCUT2D eigenvalue weighted by Gasteiger charge is -2.19. The molecule has 0 aromatic heterocycles. The van der Waals surface area contributed by atoms with Gasteiger partial charge >= 0.3 is 0 Å². The number of carbonyl (C=O) groups is 1. The van der Waals surface area contributed by atoms with E-state index in [0.717, 1.165) is 11.1 Å². The summed E-state index contributed by atoms with van der Waals surface area (Å²) in [4.78, 5) is 12.5. The SMILES string of the molecule is O=C(NCc1ccc2c(c1)OCCO2)c1ccc(Cl)c(S(=O)(=O)NCc2ccccc2)c1. The van der Waals surface area contributed by atoms with Gasteiger partial charge in [0, 0.05) is 18.7 Å². The van der Waals surface area contributed by atoms with Crippen LogP contribution < -0.4 is 19.5 Å². The molecule has 0 saturated heterocycles. The van der Waals surface area contributed by atoms with Crippen molar-refractivity contribution < 1.29 is 22.7 Å². The first-order chi connectivity index (χ1) is 15.4. The summed E-state index contributed by atoms with van der Waals surface area (Å²) in [5, 5.41) is 2.82. The number of benzene rings is 3. The zero-order chi connectivity index (χ0) is 22.6. The zero-order valence-corrected chi connectivity index (χ0v) is 18.6. The van der Waals surface area contributed by atoms with E-state index in [1.165, 1.54) is 18.2 Å². The van der Waals surface area contributed by atoms with Crippen molar-refractivity contribution in [1.82, 2.24) is 10.0 Å². The first kappa shape index (κ1) is 22.1. The van der Waals surface area contributed by atoms with Gasteiger partial charge in [-0.2, -0.15) is 0 Å². The number of fused-ring (bicyclic) bond motifs is 1. The molecular weight excluding hydrogens is 452 g/mol. The molecule has 7 nitrogen and oxygen atoms in total. The van der Waals surface area contributed by atoms with Gasteiger partial charge in [0.2, 0.25) is 10.0 Å². The van der Waals surface area contributed by atoms with Crippen LogP contribution in [-0.4, -0.2) is 27.5 Å². The van der Waals surface area contributed by atoms with Crippen LogP contribution in [0, 0.1) is 0 Å². The third-order valence-electron chi connectivity index (χ3n) is 4.85. The van der Waals surface area contributed by atoms with E-state index in [4.69, 9.17) is 21.1 Å². The van der Waals surface area contributed by atoms with Gasteiger partial charge in [-0.3, -0.25) is 4.79 Å². The third-order valence-corrected chi connectivity index (χ3v) is 6.73. The minimum Gasteiger partial charge on any atom is -0.486 e. The molecule has 1 aliphatic rings. The Kier molecular flexibility index (Phi) is 6.64. The average Bonchev–Trinajstić information content (AvgIpc) is 2.82. The van der Waals surface area contributed by atoms with E-state index in [0.29, 0.717) is 24.7 Å². The second-order valence-electron chi connectivity index (χ2n) is 7.12. The minimum atomic E-state index is -3.91. The summed E-state index contributed by atoms with van der Waals surface area (Å²) in [5.74, 6) is 0.880. The average molecular weight is 473 g/mol. The number of hydrogen-bond donors (Lipinski definition) is 2. The smallest absolute Gasteiger partial charge is 0.251 e. The molecule has 3 aromatic rings. The zero-order valence-electron chi connectivity index (χ0n) is 17.0. The van der Waals surface area contributed by atoms with E-state index < -0.39 is 15.9 Å². The molecule has 0 spiro atoms. The van der Waals surface area contributed by atoms with E-state index in [-0.39, 0.29) is 28.6 Å². The van der Waals surface area contributed by atoms with Gasteiger partial charge < -0.3 is 14.8 Å². The maximum Gasteiger partial charge on any atom is 0.251 e. The second kappa shape index (κ2) is 9.60. The van der Waals surface area contributed by atoms with Gasteiger partial charge in [-0.25, -0.2) is 13.1 Å². The highest BCUT2D eigenvalue weighted by atomic mass is 35.5. The number of rotatable bonds is 7. The number of amides is 1. The Balaban J connectivity index is 1.45. The normalized spacial score (nSPS) is 12.9. The maximum absolute atomic E-state index is 12.8. The van der Waals surface area contributed by atoms with Crippen molar-refractivity contribution in [3.8, 4) is 11.5 Å². The summed E-state index contributed by atoms with van der Waals surface area (Å²) in [6.07, 6.45) is 0. The molecule has 9 heteroatoms. The highest BCUT2D eigenvalue weighted by molar-refractivity contribution is 7.89. The van der Waals surface area contributed by atoms with Crippen molar-refractivity contribution in [2.24, 2.45) is 0 Å². The van der Waals surface area contributed by atoms with Crippen molar-refractivity contribution >= 4 is 27.5 Å². The van der Waals surface area contributed by atoms with Crippen LogP contribution in [0.3, 0.4) is 0 Å². The molecule has 1 heterocycles. The fourth-order valence-corrected chi connectivity index (χ4v) is 4.73. The van der Waals surface area contributed by atoms with E-state index in [1.807, 2.05) is 36.4 Å². The predicted octanol–water partition coefficient (Wildman–Crippen LogP) is 3.52. The monoisotopic (exact) mass is 472 g/mol. The first-order valence-electron chi connectivity index (χ1n) is 9.92. The Morgan fingerprint density at radius 2 is 1.62 bits per heavy atom. The second-order valence-corrected chi connectivity index (χ2v) is 9.26. The van der Waals surface area contributed by atoms with Gasteiger partial charge in [0.1, 0.15) is 18.1 Å². The molecule has 0 atom stereocenters. The van der Waals surface area contributed by atoms with Crippen LogP contribution in [0.2, 0.25) is 5.02 Å². The standard InChI is InChI=1S/C23H21ClN2O5S/c24-19-8-7-18(13-22(19)32(28,29)26-15-16-4-2-1-3-5-16)23(27)25-14-17-6-9-20-21(12-17)31-11-10-30-20/h1-9,12-13,26H,10-11,14-15H2,(H,25,27). The quantitative estimate of drug-likeness (QED) is 0.548. The molecule has 4 rings (SSSR count). The van der Waals surface area contributed by atoms with Gasteiger partial charge in [0.05, 0.1) is 5.02 Å². The highest BCUT2D eigenvalue weighted by Crippen LogP contribution is 2.30. The van der Waals surface area contributed by atoms with E-state index in [1.54, 1.807) is 12.1 Å². The van der Waals surface area contributed by atoms with Gasteiger partial charge in [-0.1, -0.05) is 48.0 Å². The van der Waals surface area contributed by atoms with Crippen molar-refractivity contribution in [1.29, 1.82) is 0 Å².